The minimum Gasteiger partial charge on any atom is -0.478 e. The van der Waals surface area contributed by atoms with E-state index in [-0.39, 0.29) is 23.8 Å². The van der Waals surface area contributed by atoms with E-state index >= 15 is 0 Å². The zero-order valence-corrected chi connectivity index (χ0v) is 15.4. The summed E-state index contributed by atoms with van der Waals surface area (Å²) in [5.41, 5.74) is 0.734. The number of hydrogen-bond acceptors (Lipinski definition) is 3. The van der Waals surface area contributed by atoms with Crippen LogP contribution in [0.5, 0.6) is 0 Å². The number of carboxylic acid groups (broad SMARTS) is 1. The molecule has 1 aliphatic rings. The Morgan fingerprint density at radius 3 is 2.25 bits per heavy atom. The number of aromatic carboxylic acids is 1. The number of carbonyl (C=O) groups is 2. The van der Waals surface area contributed by atoms with Gasteiger partial charge in [-0.2, -0.15) is 0 Å². The van der Waals surface area contributed by atoms with Gasteiger partial charge in [-0.05, 0) is 36.9 Å². The lowest BCUT2D eigenvalue weighted by atomic mass is 10.1. The lowest BCUT2D eigenvalue weighted by Crippen LogP contribution is -2.52. The van der Waals surface area contributed by atoms with Gasteiger partial charge < -0.3 is 14.9 Å². The van der Waals surface area contributed by atoms with E-state index in [4.69, 9.17) is 5.11 Å². The number of urea groups is 1. The van der Waals surface area contributed by atoms with Crippen molar-refractivity contribution in [3.8, 4) is 0 Å². The molecule has 148 valence electrons. The van der Waals surface area contributed by atoms with Crippen LogP contribution in [0.15, 0.2) is 42.5 Å². The van der Waals surface area contributed by atoms with Gasteiger partial charge >= 0.3 is 12.0 Å². The van der Waals surface area contributed by atoms with Crippen LogP contribution in [-0.2, 0) is 6.54 Å². The second-order valence-electron chi connectivity index (χ2n) is 6.76. The second kappa shape index (κ2) is 8.35. The number of likely N-dealkylation sites (N-methyl/N-ethyl adjacent to an activating group) is 1. The molecule has 0 atom stereocenters. The predicted octanol–water partition coefficient (Wildman–Crippen LogP) is 3.04. The average Bonchev–Trinajstić information content (AvgIpc) is 2.67. The first-order valence-electron chi connectivity index (χ1n) is 8.87. The number of benzene rings is 2. The highest BCUT2D eigenvalue weighted by atomic mass is 19.1. The van der Waals surface area contributed by atoms with Crippen LogP contribution in [0.3, 0.4) is 0 Å². The summed E-state index contributed by atoms with van der Waals surface area (Å²) in [7, 11) is 1.96. The molecule has 2 aromatic rings. The van der Waals surface area contributed by atoms with Crippen molar-refractivity contribution in [1.29, 1.82) is 0 Å². The Hall–Kier alpha value is -3.00. The molecular formula is C20H21F2N3O3. The molecule has 2 amide bonds. The fraction of sp³-hybridized carbons (Fsp3) is 0.300. The summed E-state index contributed by atoms with van der Waals surface area (Å²) >= 11 is 0. The van der Waals surface area contributed by atoms with E-state index in [2.05, 4.69) is 4.90 Å². The van der Waals surface area contributed by atoms with Crippen LogP contribution in [0.25, 0.3) is 0 Å². The SMILES string of the molecule is CN1CCN(C(=O)N(Cc2ccc(C(=O)O)cc2)c2ccc(F)cc2F)CC1. The molecule has 0 aliphatic carbocycles. The van der Waals surface area contributed by atoms with Crippen LogP contribution in [0.2, 0.25) is 0 Å². The van der Waals surface area contributed by atoms with Crippen molar-refractivity contribution in [2.45, 2.75) is 6.54 Å². The molecule has 28 heavy (non-hydrogen) atoms. The topological polar surface area (TPSA) is 64.1 Å². The fourth-order valence-electron chi connectivity index (χ4n) is 3.06. The van der Waals surface area contributed by atoms with Gasteiger partial charge in [0.25, 0.3) is 0 Å². The van der Waals surface area contributed by atoms with Gasteiger partial charge in [0.05, 0.1) is 17.8 Å². The molecule has 1 aliphatic heterocycles. The van der Waals surface area contributed by atoms with Crippen molar-refractivity contribution in [1.82, 2.24) is 9.80 Å². The largest absolute Gasteiger partial charge is 0.478 e. The molecule has 1 heterocycles. The van der Waals surface area contributed by atoms with Crippen LogP contribution in [0.4, 0.5) is 19.3 Å². The van der Waals surface area contributed by atoms with Crippen molar-refractivity contribution in [2.24, 2.45) is 0 Å². The third kappa shape index (κ3) is 4.45. The van der Waals surface area contributed by atoms with E-state index in [0.717, 1.165) is 12.1 Å². The second-order valence-corrected chi connectivity index (χ2v) is 6.76. The van der Waals surface area contributed by atoms with Crippen LogP contribution < -0.4 is 4.90 Å². The van der Waals surface area contributed by atoms with Gasteiger partial charge in [0.2, 0.25) is 0 Å². The smallest absolute Gasteiger partial charge is 0.335 e. The molecule has 0 saturated carbocycles. The molecule has 1 saturated heterocycles. The van der Waals surface area contributed by atoms with Crippen LogP contribution >= 0.6 is 0 Å². The summed E-state index contributed by atoms with van der Waals surface area (Å²) in [6, 6.07) is 8.73. The number of halogens is 2. The highest BCUT2D eigenvalue weighted by molar-refractivity contribution is 5.92. The van der Waals surface area contributed by atoms with Crippen molar-refractivity contribution in [3.63, 3.8) is 0 Å². The van der Waals surface area contributed by atoms with E-state index in [9.17, 15) is 18.4 Å². The first-order chi connectivity index (χ1) is 13.3. The molecular weight excluding hydrogens is 368 g/mol. The van der Waals surface area contributed by atoms with Crippen LogP contribution in [0.1, 0.15) is 15.9 Å². The number of anilines is 1. The summed E-state index contributed by atoms with van der Waals surface area (Å²) in [6.45, 7) is 2.46. The standard InChI is InChI=1S/C20H21F2N3O3/c1-23-8-10-24(11-9-23)20(28)25(18-7-6-16(21)12-17(18)22)13-14-2-4-15(5-3-14)19(26)27/h2-7,12H,8-11,13H2,1H3,(H,26,27). The number of nitrogens with zero attached hydrogens (tertiary/aromatic N) is 3. The van der Waals surface area contributed by atoms with E-state index in [0.29, 0.717) is 31.7 Å². The lowest BCUT2D eigenvalue weighted by molar-refractivity contribution is 0.0697. The van der Waals surface area contributed by atoms with Gasteiger partial charge in [-0.3, -0.25) is 4.90 Å². The van der Waals surface area contributed by atoms with Crippen molar-refractivity contribution >= 4 is 17.7 Å². The van der Waals surface area contributed by atoms with Crippen molar-refractivity contribution < 1.29 is 23.5 Å². The molecule has 0 radical (unpaired) electrons. The van der Waals surface area contributed by atoms with Gasteiger partial charge in [-0.25, -0.2) is 18.4 Å². The number of rotatable bonds is 4. The Morgan fingerprint density at radius 2 is 1.68 bits per heavy atom. The van der Waals surface area contributed by atoms with E-state index in [1.807, 2.05) is 7.05 Å². The number of hydrogen-bond donors (Lipinski definition) is 1. The quantitative estimate of drug-likeness (QED) is 0.873. The monoisotopic (exact) mass is 389 g/mol. The van der Waals surface area contributed by atoms with Crippen molar-refractivity contribution in [2.75, 3.05) is 38.1 Å². The Morgan fingerprint density at radius 1 is 1.04 bits per heavy atom. The summed E-state index contributed by atoms with van der Waals surface area (Å²) in [5.74, 6) is -2.61. The zero-order valence-electron chi connectivity index (χ0n) is 15.4. The number of carboxylic acids is 1. The predicted molar refractivity (Wildman–Crippen MR) is 100 cm³/mol. The summed E-state index contributed by atoms with van der Waals surface area (Å²) in [6.07, 6.45) is 0. The van der Waals surface area contributed by atoms with Gasteiger partial charge in [0.15, 0.2) is 0 Å². The minimum atomic E-state index is -1.05. The first kappa shape index (κ1) is 19.8. The molecule has 0 spiro atoms. The third-order valence-corrected chi connectivity index (χ3v) is 4.75. The van der Waals surface area contributed by atoms with E-state index in [1.165, 1.54) is 23.1 Å². The van der Waals surface area contributed by atoms with Crippen LogP contribution in [-0.4, -0.2) is 60.1 Å². The maximum absolute atomic E-state index is 14.4. The van der Waals surface area contributed by atoms with E-state index < -0.39 is 17.6 Å². The number of amides is 2. The molecule has 6 nitrogen and oxygen atoms in total. The Labute approximate surface area is 161 Å². The average molecular weight is 389 g/mol. The molecule has 1 fully saturated rings. The molecule has 0 aromatic heterocycles. The summed E-state index contributed by atoms with van der Waals surface area (Å²) in [5, 5.41) is 9.02. The molecule has 8 heteroatoms. The van der Waals surface area contributed by atoms with Crippen LogP contribution in [0, 0.1) is 11.6 Å². The Bertz CT molecular complexity index is 865. The van der Waals surface area contributed by atoms with Gasteiger partial charge in [0.1, 0.15) is 11.6 Å². The normalized spacial score (nSPS) is 14.8. The first-order valence-corrected chi connectivity index (χ1v) is 8.87. The summed E-state index contributed by atoms with van der Waals surface area (Å²) < 4.78 is 27.8. The minimum absolute atomic E-state index is 0.0207. The number of piperazine rings is 1. The van der Waals surface area contributed by atoms with Crippen molar-refractivity contribution in [3.05, 3.63) is 65.2 Å². The van der Waals surface area contributed by atoms with Gasteiger partial charge in [0, 0.05) is 32.2 Å². The number of carbonyl (C=O) groups excluding carboxylic acids is 1. The zero-order chi connectivity index (χ0) is 20.3. The highest BCUT2D eigenvalue weighted by Crippen LogP contribution is 2.24. The van der Waals surface area contributed by atoms with Gasteiger partial charge in [-0.1, -0.05) is 12.1 Å². The van der Waals surface area contributed by atoms with Gasteiger partial charge in [-0.15, -0.1) is 0 Å². The summed E-state index contributed by atoms with van der Waals surface area (Å²) in [4.78, 5) is 29.1. The Balaban J connectivity index is 1.89. The maximum atomic E-state index is 14.4. The third-order valence-electron chi connectivity index (χ3n) is 4.75. The Kier molecular flexibility index (Phi) is 5.89. The lowest BCUT2D eigenvalue weighted by Gasteiger charge is -2.36. The highest BCUT2D eigenvalue weighted by Gasteiger charge is 2.27. The van der Waals surface area contributed by atoms with E-state index in [1.54, 1.807) is 17.0 Å². The molecule has 2 aromatic carbocycles. The maximum Gasteiger partial charge on any atom is 0.335 e. The molecule has 1 N–H and O–H groups in total. The molecule has 0 unspecified atom stereocenters. The fourth-order valence-corrected chi connectivity index (χ4v) is 3.06. The molecule has 3 rings (SSSR count). The molecule has 0 bridgehead atoms.